The molecule has 4 rings (SSSR count). The molecule has 3 aromatic rings. The maximum absolute atomic E-state index is 12.5. The summed E-state index contributed by atoms with van der Waals surface area (Å²) in [7, 11) is 0. The number of amides is 1. The van der Waals surface area contributed by atoms with Gasteiger partial charge in [0.1, 0.15) is 10.7 Å². The molecule has 0 atom stereocenters. The van der Waals surface area contributed by atoms with E-state index in [4.69, 9.17) is 11.6 Å². The number of nitrogens with one attached hydrogen (secondary N) is 2. The normalized spacial score (nSPS) is 13.5. The number of aryl methyl sites for hydroxylation is 3. The van der Waals surface area contributed by atoms with Crippen molar-refractivity contribution in [3.8, 4) is 0 Å². The van der Waals surface area contributed by atoms with Gasteiger partial charge in [0.15, 0.2) is 0 Å². The van der Waals surface area contributed by atoms with Crippen molar-refractivity contribution in [1.82, 2.24) is 15.3 Å². The molecule has 0 radical (unpaired) electrons. The molecule has 1 aliphatic carbocycles. The third-order valence-corrected chi connectivity index (χ3v) is 6.30. The highest BCUT2D eigenvalue weighted by Crippen LogP contribution is 2.33. The van der Waals surface area contributed by atoms with E-state index in [2.05, 4.69) is 15.3 Å². The Hall–Kier alpha value is -2.18. The number of aromatic amines is 1. The molecule has 0 aliphatic heterocycles. The van der Waals surface area contributed by atoms with Gasteiger partial charge in [0, 0.05) is 29.3 Å². The van der Waals surface area contributed by atoms with E-state index < -0.39 is 0 Å². The maximum Gasteiger partial charge on any atom is 0.259 e. The van der Waals surface area contributed by atoms with Crippen LogP contribution in [-0.2, 0) is 30.6 Å². The maximum atomic E-state index is 12.5. The lowest BCUT2D eigenvalue weighted by atomic mass is 9.97. The van der Waals surface area contributed by atoms with E-state index in [1.54, 1.807) is 23.5 Å². The van der Waals surface area contributed by atoms with Crippen LogP contribution in [0.4, 0.5) is 0 Å². The molecule has 140 valence electrons. The monoisotopic (exact) mass is 401 g/mol. The molecule has 2 N–H and O–H groups in total. The van der Waals surface area contributed by atoms with E-state index in [1.807, 2.05) is 12.1 Å². The van der Waals surface area contributed by atoms with Crippen LogP contribution in [0.1, 0.15) is 41.1 Å². The van der Waals surface area contributed by atoms with E-state index in [0.29, 0.717) is 23.8 Å². The average Bonchev–Trinajstić information content (AvgIpc) is 3.05. The predicted octanol–water partition coefficient (Wildman–Crippen LogP) is 3.77. The summed E-state index contributed by atoms with van der Waals surface area (Å²) in [6, 6.07) is 7.36. The number of carbonyl (C=O) groups is 1. The number of aromatic nitrogens is 2. The third kappa shape index (κ3) is 4.06. The van der Waals surface area contributed by atoms with E-state index in [0.717, 1.165) is 35.0 Å². The number of fused-ring (bicyclic) bond motifs is 3. The van der Waals surface area contributed by atoms with Crippen molar-refractivity contribution in [3.05, 3.63) is 61.5 Å². The lowest BCUT2D eigenvalue weighted by Crippen LogP contribution is -2.23. The van der Waals surface area contributed by atoms with Gasteiger partial charge in [0.25, 0.3) is 5.56 Å². The van der Waals surface area contributed by atoms with Gasteiger partial charge in [-0.2, -0.15) is 0 Å². The lowest BCUT2D eigenvalue weighted by molar-refractivity contribution is -0.121. The standard InChI is InChI=1S/C20H20ClN3O2S/c21-13-7-5-12(6-8-13)11-22-17(25)10-9-16-23-19(26)18-14-3-1-2-4-15(14)27-20(18)24-16/h5-8H,1-4,9-11H2,(H,22,25)(H,23,24,26). The van der Waals surface area contributed by atoms with Crippen molar-refractivity contribution in [3.63, 3.8) is 0 Å². The number of carbonyl (C=O) groups excluding carboxylic acids is 1. The Balaban J connectivity index is 1.40. The zero-order valence-electron chi connectivity index (χ0n) is 14.8. The second-order valence-electron chi connectivity index (χ2n) is 6.81. The summed E-state index contributed by atoms with van der Waals surface area (Å²) in [5, 5.41) is 4.31. The van der Waals surface area contributed by atoms with Gasteiger partial charge >= 0.3 is 0 Å². The number of halogens is 1. The molecule has 2 heterocycles. The van der Waals surface area contributed by atoms with Crippen LogP contribution in [-0.4, -0.2) is 15.9 Å². The highest BCUT2D eigenvalue weighted by molar-refractivity contribution is 7.18. The zero-order chi connectivity index (χ0) is 18.8. The molecule has 27 heavy (non-hydrogen) atoms. The summed E-state index contributed by atoms with van der Waals surface area (Å²) >= 11 is 7.49. The van der Waals surface area contributed by atoms with Gasteiger partial charge in [-0.1, -0.05) is 23.7 Å². The van der Waals surface area contributed by atoms with E-state index in [1.165, 1.54) is 16.9 Å². The minimum atomic E-state index is -0.0732. The Bertz CT molecular complexity index is 1040. The van der Waals surface area contributed by atoms with Crippen molar-refractivity contribution in [2.45, 2.75) is 45.1 Å². The van der Waals surface area contributed by atoms with Gasteiger partial charge < -0.3 is 10.3 Å². The molecule has 1 amide bonds. The molecule has 1 aliphatic rings. The van der Waals surface area contributed by atoms with Gasteiger partial charge in [0.05, 0.1) is 5.39 Å². The molecule has 0 saturated carbocycles. The third-order valence-electron chi connectivity index (χ3n) is 4.87. The van der Waals surface area contributed by atoms with Crippen LogP contribution in [0.3, 0.4) is 0 Å². The quantitative estimate of drug-likeness (QED) is 0.683. The van der Waals surface area contributed by atoms with E-state index in [-0.39, 0.29) is 17.9 Å². The van der Waals surface area contributed by atoms with Crippen LogP contribution in [0.25, 0.3) is 10.2 Å². The summed E-state index contributed by atoms with van der Waals surface area (Å²) in [6.07, 6.45) is 5.02. The van der Waals surface area contributed by atoms with Crippen LogP contribution < -0.4 is 10.9 Å². The van der Waals surface area contributed by atoms with Crippen LogP contribution >= 0.6 is 22.9 Å². The predicted molar refractivity (Wildman–Crippen MR) is 109 cm³/mol. The van der Waals surface area contributed by atoms with Crippen LogP contribution in [0.5, 0.6) is 0 Å². The Morgan fingerprint density at radius 2 is 2.00 bits per heavy atom. The number of hydrogen-bond acceptors (Lipinski definition) is 4. The summed E-state index contributed by atoms with van der Waals surface area (Å²) in [5.74, 6) is 0.505. The van der Waals surface area contributed by atoms with E-state index in [9.17, 15) is 9.59 Å². The minimum absolute atomic E-state index is 0.0711. The molecule has 0 unspecified atom stereocenters. The number of H-pyrrole nitrogens is 1. The lowest BCUT2D eigenvalue weighted by Gasteiger charge is -2.09. The first-order valence-electron chi connectivity index (χ1n) is 9.15. The summed E-state index contributed by atoms with van der Waals surface area (Å²) in [6.45, 7) is 0.455. The first-order valence-corrected chi connectivity index (χ1v) is 10.3. The first kappa shape index (κ1) is 18.2. The van der Waals surface area contributed by atoms with Gasteiger partial charge in [-0.15, -0.1) is 11.3 Å². The Kier molecular flexibility index (Phi) is 5.27. The van der Waals surface area contributed by atoms with Gasteiger partial charge in [0.2, 0.25) is 5.91 Å². The fraction of sp³-hybridized carbons (Fsp3) is 0.350. The molecule has 2 aromatic heterocycles. The number of hydrogen-bond donors (Lipinski definition) is 2. The molecule has 0 bridgehead atoms. The molecular formula is C20H20ClN3O2S. The molecular weight excluding hydrogens is 382 g/mol. The van der Waals surface area contributed by atoms with Gasteiger partial charge in [-0.3, -0.25) is 9.59 Å². The molecule has 5 nitrogen and oxygen atoms in total. The van der Waals surface area contributed by atoms with Crippen LogP contribution in [0.15, 0.2) is 29.1 Å². The smallest absolute Gasteiger partial charge is 0.259 e. The summed E-state index contributed by atoms with van der Waals surface area (Å²) < 4.78 is 0. The highest BCUT2D eigenvalue weighted by Gasteiger charge is 2.19. The van der Waals surface area contributed by atoms with Crippen molar-refractivity contribution >= 4 is 39.1 Å². The van der Waals surface area contributed by atoms with Crippen molar-refractivity contribution in [1.29, 1.82) is 0 Å². The van der Waals surface area contributed by atoms with Crippen molar-refractivity contribution in [2.75, 3.05) is 0 Å². The van der Waals surface area contributed by atoms with Crippen molar-refractivity contribution in [2.24, 2.45) is 0 Å². The number of benzene rings is 1. The molecule has 0 spiro atoms. The number of nitrogens with zero attached hydrogens (tertiary/aromatic N) is 1. The van der Waals surface area contributed by atoms with Crippen molar-refractivity contribution < 1.29 is 4.79 Å². The number of rotatable bonds is 5. The second-order valence-corrected chi connectivity index (χ2v) is 8.33. The topological polar surface area (TPSA) is 74.8 Å². The average molecular weight is 402 g/mol. The SMILES string of the molecule is O=C(CCc1nc2sc3c(c2c(=O)[nH]1)CCCC3)NCc1ccc(Cl)cc1. The molecule has 0 fully saturated rings. The molecule has 0 saturated heterocycles. The van der Waals surface area contributed by atoms with E-state index >= 15 is 0 Å². The minimum Gasteiger partial charge on any atom is -0.352 e. The second kappa shape index (κ2) is 7.82. The molecule has 7 heteroatoms. The fourth-order valence-corrected chi connectivity index (χ4v) is 4.86. The summed E-state index contributed by atoms with van der Waals surface area (Å²) in [4.78, 5) is 34.2. The number of thiophene rings is 1. The zero-order valence-corrected chi connectivity index (χ0v) is 16.4. The Morgan fingerprint density at radius 1 is 1.22 bits per heavy atom. The summed E-state index contributed by atoms with van der Waals surface area (Å²) in [5.41, 5.74) is 2.10. The highest BCUT2D eigenvalue weighted by atomic mass is 35.5. The van der Waals surface area contributed by atoms with Gasteiger partial charge in [-0.25, -0.2) is 4.98 Å². The molecule has 1 aromatic carbocycles. The largest absolute Gasteiger partial charge is 0.352 e. The Morgan fingerprint density at radius 3 is 2.81 bits per heavy atom. The van der Waals surface area contributed by atoms with Gasteiger partial charge in [-0.05, 0) is 48.9 Å². The van der Waals surface area contributed by atoms with Crippen LogP contribution in [0.2, 0.25) is 5.02 Å². The Labute approximate surface area is 165 Å². The fourth-order valence-electron chi connectivity index (χ4n) is 3.45. The first-order chi connectivity index (χ1) is 13.1. The van der Waals surface area contributed by atoms with Crippen LogP contribution in [0, 0.1) is 0 Å².